The zero-order valence-corrected chi connectivity index (χ0v) is 10.0. The first-order valence-electron chi connectivity index (χ1n) is 4.45. The summed E-state index contributed by atoms with van der Waals surface area (Å²) in [5.41, 5.74) is 1.09. The highest BCUT2D eigenvalue weighted by molar-refractivity contribution is 8.01. The predicted octanol–water partition coefficient (Wildman–Crippen LogP) is 2.70. The Kier molecular flexibility index (Phi) is 3.21. The van der Waals surface area contributed by atoms with E-state index in [0.717, 1.165) is 14.8 Å². The topological polar surface area (TPSA) is 63.1 Å². The summed E-state index contributed by atoms with van der Waals surface area (Å²) in [6.45, 7) is 1.78. The second kappa shape index (κ2) is 4.63. The van der Waals surface area contributed by atoms with Crippen LogP contribution in [0.3, 0.4) is 0 Å². The van der Waals surface area contributed by atoms with Crippen LogP contribution in [-0.4, -0.2) is 20.4 Å². The number of carboxylic acids is 1. The molecule has 0 aliphatic carbocycles. The standard InChI is InChI=1S/C10H8N2O2S2/c1-6-2-3-7(4-8(6)9(13)14)15-10-11-5-12-16-10/h2-5H,1H3,(H,13,14). The van der Waals surface area contributed by atoms with Crippen molar-refractivity contribution in [3.8, 4) is 0 Å². The van der Waals surface area contributed by atoms with Crippen LogP contribution in [0.4, 0.5) is 0 Å². The normalized spacial score (nSPS) is 10.3. The fourth-order valence-electron chi connectivity index (χ4n) is 1.20. The maximum absolute atomic E-state index is 10.9. The predicted molar refractivity (Wildman–Crippen MR) is 62.2 cm³/mol. The van der Waals surface area contributed by atoms with Crippen LogP contribution in [-0.2, 0) is 0 Å². The van der Waals surface area contributed by atoms with Crippen molar-refractivity contribution < 1.29 is 9.90 Å². The number of hydrogen-bond acceptors (Lipinski definition) is 5. The Morgan fingerprint density at radius 2 is 2.31 bits per heavy atom. The van der Waals surface area contributed by atoms with Crippen LogP contribution in [0.15, 0.2) is 33.8 Å². The molecule has 4 nitrogen and oxygen atoms in total. The molecule has 6 heteroatoms. The molecule has 1 aromatic carbocycles. The van der Waals surface area contributed by atoms with Crippen LogP contribution in [0.2, 0.25) is 0 Å². The van der Waals surface area contributed by atoms with Gasteiger partial charge < -0.3 is 5.11 Å². The number of hydrogen-bond donors (Lipinski definition) is 1. The molecule has 2 rings (SSSR count). The molecule has 0 bridgehead atoms. The Labute approximate surface area is 101 Å². The summed E-state index contributed by atoms with van der Waals surface area (Å²) in [6.07, 6.45) is 1.49. The fourth-order valence-corrected chi connectivity index (χ4v) is 2.66. The third-order valence-corrected chi connectivity index (χ3v) is 3.69. The van der Waals surface area contributed by atoms with E-state index in [1.165, 1.54) is 29.6 Å². The van der Waals surface area contributed by atoms with E-state index in [1.807, 2.05) is 6.07 Å². The molecule has 1 N–H and O–H groups in total. The second-order valence-electron chi connectivity index (χ2n) is 3.09. The van der Waals surface area contributed by atoms with Gasteiger partial charge in [-0.3, -0.25) is 0 Å². The van der Waals surface area contributed by atoms with Gasteiger partial charge in [0.15, 0.2) is 4.34 Å². The summed E-state index contributed by atoms with van der Waals surface area (Å²) in [7, 11) is 0. The maximum Gasteiger partial charge on any atom is 0.335 e. The molecule has 0 radical (unpaired) electrons. The first-order chi connectivity index (χ1) is 7.66. The highest BCUT2D eigenvalue weighted by atomic mass is 32.2. The Morgan fingerprint density at radius 1 is 1.50 bits per heavy atom. The largest absolute Gasteiger partial charge is 0.478 e. The summed E-state index contributed by atoms with van der Waals surface area (Å²) in [4.78, 5) is 15.8. The maximum atomic E-state index is 10.9. The van der Waals surface area contributed by atoms with Gasteiger partial charge in [-0.25, -0.2) is 9.78 Å². The molecule has 1 aromatic heterocycles. The van der Waals surface area contributed by atoms with Crippen molar-refractivity contribution in [2.75, 3.05) is 0 Å². The second-order valence-corrected chi connectivity index (χ2v) is 5.19. The molecular weight excluding hydrogens is 244 g/mol. The highest BCUT2D eigenvalue weighted by Crippen LogP contribution is 2.29. The lowest BCUT2D eigenvalue weighted by Gasteiger charge is -2.03. The van der Waals surface area contributed by atoms with Gasteiger partial charge in [-0.15, -0.1) is 0 Å². The van der Waals surface area contributed by atoms with Crippen molar-refractivity contribution in [1.82, 2.24) is 9.36 Å². The van der Waals surface area contributed by atoms with Gasteiger partial charge in [0, 0.05) is 4.90 Å². The van der Waals surface area contributed by atoms with Crippen LogP contribution >= 0.6 is 23.3 Å². The van der Waals surface area contributed by atoms with E-state index in [0.29, 0.717) is 5.56 Å². The van der Waals surface area contributed by atoms with E-state index in [1.54, 1.807) is 19.1 Å². The van der Waals surface area contributed by atoms with E-state index in [4.69, 9.17) is 5.11 Å². The van der Waals surface area contributed by atoms with Crippen LogP contribution in [0.25, 0.3) is 0 Å². The molecule has 0 saturated carbocycles. The van der Waals surface area contributed by atoms with Crippen molar-refractivity contribution in [1.29, 1.82) is 0 Å². The van der Waals surface area contributed by atoms with Crippen LogP contribution in [0, 0.1) is 6.92 Å². The molecule has 0 saturated heterocycles. The van der Waals surface area contributed by atoms with Crippen molar-refractivity contribution in [3.63, 3.8) is 0 Å². The molecule has 0 amide bonds. The molecule has 0 fully saturated rings. The van der Waals surface area contributed by atoms with Crippen LogP contribution < -0.4 is 0 Å². The van der Waals surface area contributed by atoms with Crippen molar-refractivity contribution in [3.05, 3.63) is 35.7 Å². The molecule has 0 unspecified atom stereocenters. The summed E-state index contributed by atoms with van der Waals surface area (Å²) in [6, 6.07) is 5.34. The van der Waals surface area contributed by atoms with Crippen LogP contribution in [0.1, 0.15) is 15.9 Å². The first kappa shape index (κ1) is 11.1. The van der Waals surface area contributed by atoms with E-state index < -0.39 is 5.97 Å². The van der Waals surface area contributed by atoms with E-state index >= 15 is 0 Å². The number of carboxylic acid groups (broad SMARTS) is 1. The van der Waals surface area contributed by atoms with E-state index in [-0.39, 0.29) is 0 Å². The number of rotatable bonds is 3. The quantitative estimate of drug-likeness (QED) is 0.910. The minimum Gasteiger partial charge on any atom is -0.478 e. The molecule has 0 atom stereocenters. The molecule has 2 aromatic rings. The van der Waals surface area contributed by atoms with Crippen molar-refractivity contribution >= 4 is 29.3 Å². The lowest BCUT2D eigenvalue weighted by molar-refractivity contribution is 0.0696. The number of nitrogens with zero attached hydrogens (tertiary/aromatic N) is 2. The lowest BCUT2D eigenvalue weighted by atomic mass is 10.1. The zero-order chi connectivity index (χ0) is 11.5. The molecule has 16 heavy (non-hydrogen) atoms. The minimum absolute atomic E-state index is 0.328. The van der Waals surface area contributed by atoms with Gasteiger partial charge in [0.1, 0.15) is 6.33 Å². The summed E-state index contributed by atoms with van der Waals surface area (Å²) in [5.74, 6) is -0.905. The van der Waals surface area contributed by atoms with Gasteiger partial charge in [0.2, 0.25) is 0 Å². The van der Waals surface area contributed by atoms with E-state index in [9.17, 15) is 4.79 Å². The van der Waals surface area contributed by atoms with E-state index in [2.05, 4.69) is 9.36 Å². The number of benzene rings is 1. The molecule has 82 valence electrons. The third kappa shape index (κ3) is 2.40. The summed E-state index contributed by atoms with van der Waals surface area (Å²) >= 11 is 2.71. The van der Waals surface area contributed by atoms with Gasteiger partial charge in [-0.2, -0.15) is 4.37 Å². The summed E-state index contributed by atoms with van der Waals surface area (Å²) in [5, 5.41) is 8.98. The molecule has 0 aliphatic heterocycles. The monoisotopic (exact) mass is 252 g/mol. The first-order valence-corrected chi connectivity index (χ1v) is 6.04. The lowest BCUT2D eigenvalue weighted by Crippen LogP contribution is -1.99. The van der Waals surface area contributed by atoms with Gasteiger partial charge in [-0.1, -0.05) is 17.8 Å². The van der Waals surface area contributed by atoms with Gasteiger partial charge >= 0.3 is 5.97 Å². The Balaban J connectivity index is 2.29. The number of aromatic carboxylic acids is 1. The number of aromatic nitrogens is 2. The molecule has 1 heterocycles. The summed E-state index contributed by atoms with van der Waals surface area (Å²) < 4.78 is 4.69. The van der Waals surface area contributed by atoms with Gasteiger partial charge in [0.25, 0.3) is 0 Å². The molecule has 0 aliphatic rings. The highest BCUT2D eigenvalue weighted by Gasteiger charge is 2.09. The average Bonchev–Trinajstić information content (AvgIpc) is 2.73. The number of carbonyl (C=O) groups is 1. The SMILES string of the molecule is Cc1ccc(Sc2ncns2)cc1C(=O)O. The average molecular weight is 252 g/mol. The Hall–Kier alpha value is -1.40. The third-order valence-electron chi connectivity index (χ3n) is 1.99. The molecule has 0 spiro atoms. The van der Waals surface area contributed by atoms with Crippen molar-refractivity contribution in [2.45, 2.75) is 16.2 Å². The minimum atomic E-state index is -0.905. The van der Waals surface area contributed by atoms with Crippen molar-refractivity contribution in [2.24, 2.45) is 0 Å². The number of aryl methyl sites for hydroxylation is 1. The van der Waals surface area contributed by atoms with Gasteiger partial charge in [-0.05, 0) is 36.2 Å². The zero-order valence-electron chi connectivity index (χ0n) is 8.38. The smallest absolute Gasteiger partial charge is 0.335 e. The Bertz CT molecular complexity index is 512. The van der Waals surface area contributed by atoms with Crippen LogP contribution in [0.5, 0.6) is 0 Å². The molecular formula is C10H8N2O2S2. The fraction of sp³-hybridized carbons (Fsp3) is 0.100. The van der Waals surface area contributed by atoms with Gasteiger partial charge in [0.05, 0.1) is 5.56 Å². The Morgan fingerprint density at radius 3 is 2.94 bits per heavy atom.